The van der Waals surface area contributed by atoms with Crippen LogP contribution < -0.4 is 16.4 Å². The molecule has 1 fully saturated rings. The van der Waals surface area contributed by atoms with E-state index in [-0.39, 0.29) is 23.9 Å². The zero-order valence-corrected chi connectivity index (χ0v) is 13.0. The van der Waals surface area contributed by atoms with Crippen LogP contribution in [0.5, 0.6) is 0 Å². The van der Waals surface area contributed by atoms with Gasteiger partial charge in [-0.1, -0.05) is 0 Å². The maximum atomic E-state index is 12.0. The molecule has 0 amide bonds. The van der Waals surface area contributed by atoms with E-state index in [9.17, 15) is 8.42 Å². The highest BCUT2D eigenvalue weighted by atomic mass is 32.2. The van der Waals surface area contributed by atoms with Gasteiger partial charge in [0.25, 0.3) is 0 Å². The molecule has 120 valence electrons. The van der Waals surface area contributed by atoms with Crippen molar-refractivity contribution >= 4 is 21.5 Å². The van der Waals surface area contributed by atoms with Crippen molar-refractivity contribution in [2.24, 2.45) is 11.7 Å². The first-order chi connectivity index (χ1) is 9.88. The Morgan fingerprint density at radius 1 is 1.48 bits per heavy atom. The van der Waals surface area contributed by atoms with Crippen molar-refractivity contribution < 1.29 is 13.5 Å². The molecule has 0 aromatic carbocycles. The lowest BCUT2D eigenvalue weighted by Crippen LogP contribution is -2.39. The van der Waals surface area contributed by atoms with Gasteiger partial charge < -0.3 is 21.5 Å². The third-order valence-electron chi connectivity index (χ3n) is 3.76. The van der Waals surface area contributed by atoms with E-state index in [1.54, 1.807) is 0 Å². The standard InChI is InChI=1S/C12H23N5O3S/c1-21(19,20)10-11(14)17(5-6-18)15-12(10)16-4-2-3-9(7-13)8-16/h9,18H,2-8,13-14H2,1H3. The second kappa shape index (κ2) is 6.20. The van der Waals surface area contributed by atoms with E-state index in [4.69, 9.17) is 16.6 Å². The number of sulfone groups is 1. The first kappa shape index (κ1) is 16.1. The number of hydrogen-bond donors (Lipinski definition) is 3. The highest BCUT2D eigenvalue weighted by molar-refractivity contribution is 7.91. The molecule has 5 N–H and O–H groups in total. The van der Waals surface area contributed by atoms with Crippen LogP contribution in [0.15, 0.2) is 4.90 Å². The van der Waals surface area contributed by atoms with Gasteiger partial charge in [0.1, 0.15) is 5.82 Å². The SMILES string of the molecule is CS(=O)(=O)c1c(N2CCCC(CN)C2)nn(CCO)c1N. The highest BCUT2D eigenvalue weighted by Gasteiger charge is 2.30. The number of aromatic nitrogens is 2. The van der Waals surface area contributed by atoms with Gasteiger partial charge in [0.2, 0.25) is 0 Å². The predicted molar refractivity (Wildman–Crippen MR) is 80.8 cm³/mol. The molecule has 1 saturated heterocycles. The quantitative estimate of drug-likeness (QED) is 0.638. The minimum Gasteiger partial charge on any atom is -0.394 e. The first-order valence-corrected chi connectivity index (χ1v) is 8.89. The summed E-state index contributed by atoms with van der Waals surface area (Å²) in [6.45, 7) is 1.99. The fourth-order valence-corrected chi connectivity index (χ4v) is 3.71. The van der Waals surface area contributed by atoms with Gasteiger partial charge in [-0.2, -0.15) is 5.10 Å². The Morgan fingerprint density at radius 2 is 2.19 bits per heavy atom. The van der Waals surface area contributed by atoms with Gasteiger partial charge in [-0.25, -0.2) is 13.1 Å². The van der Waals surface area contributed by atoms with E-state index in [2.05, 4.69) is 5.10 Å². The highest BCUT2D eigenvalue weighted by Crippen LogP contribution is 2.32. The summed E-state index contributed by atoms with van der Waals surface area (Å²) in [6, 6.07) is 0. The third-order valence-corrected chi connectivity index (χ3v) is 4.90. The number of nitrogens with two attached hydrogens (primary N) is 2. The van der Waals surface area contributed by atoms with Crippen molar-refractivity contribution in [1.82, 2.24) is 9.78 Å². The van der Waals surface area contributed by atoms with Crippen molar-refractivity contribution in [3.8, 4) is 0 Å². The smallest absolute Gasteiger partial charge is 0.182 e. The summed E-state index contributed by atoms with van der Waals surface area (Å²) in [7, 11) is -3.50. The number of hydrogen-bond acceptors (Lipinski definition) is 7. The van der Waals surface area contributed by atoms with Crippen LogP contribution in [0.4, 0.5) is 11.6 Å². The van der Waals surface area contributed by atoms with E-state index in [0.29, 0.717) is 24.8 Å². The molecule has 9 heteroatoms. The number of anilines is 2. The Kier molecular flexibility index (Phi) is 4.74. The van der Waals surface area contributed by atoms with Crippen molar-refractivity contribution in [3.63, 3.8) is 0 Å². The summed E-state index contributed by atoms with van der Waals surface area (Å²) < 4.78 is 25.4. The molecule has 1 unspecified atom stereocenters. The molecular formula is C12H23N5O3S. The Bertz CT molecular complexity index is 598. The summed E-state index contributed by atoms with van der Waals surface area (Å²) in [4.78, 5) is 1.98. The zero-order valence-electron chi connectivity index (χ0n) is 12.2. The van der Waals surface area contributed by atoms with Gasteiger partial charge >= 0.3 is 0 Å². The summed E-state index contributed by atoms with van der Waals surface area (Å²) in [5.41, 5.74) is 11.6. The molecule has 2 rings (SSSR count). The molecule has 8 nitrogen and oxygen atoms in total. The monoisotopic (exact) mass is 317 g/mol. The number of rotatable bonds is 5. The molecule has 1 aromatic heterocycles. The molecule has 0 saturated carbocycles. The Balaban J connectivity index is 2.44. The van der Waals surface area contributed by atoms with Crippen molar-refractivity contribution in [3.05, 3.63) is 0 Å². The lowest BCUT2D eigenvalue weighted by molar-refractivity contribution is 0.270. The van der Waals surface area contributed by atoms with Crippen LogP contribution in [-0.2, 0) is 16.4 Å². The van der Waals surface area contributed by atoms with Crippen LogP contribution in [0.25, 0.3) is 0 Å². The summed E-state index contributed by atoms with van der Waals surface area (Å²) >= 11 is 0. The average molecular weight is 317 g/mol. The summed E-state index contributed by atoms with van der Waals surface area (Å²) in [5.74, 6) is 0.786. The van der Waals surface area contributed by atoms with Gasteiger partial charge in [-0.05, 0) is 25.3 Å². The molecule has 0 spiro atoms. The molecule has 0 aliphatic carbocycles. The minimum atomic E-state index is -3.50. The molecule has 1 aromatic rings. The summed E-state index contributed by atoms with van der Waals surface area (Å²) in [5, 5.41) is 13.3. The van der Waals surface area contributed by atoms with Gasteiger partial charge in [0.05, 0.1) is 13.2 Å². The maximum absolute atomic E-state index is 12.0. The second-order valence-electron chi connectivity index (χ2n) is 5.45. The van der Waals surface area contributed by atoms with Crippen LogP contribution in [0.1, 0.15) is 12.8 Å². The average Bonchev–Trinajstić information content (AvgIpc) is 2.76. The maximum Gasteiger partial charge on any atom is 0.182 e. The molecular weight excluding hydrogens is 294 g/mol. The van der Waals surface area contributed by atoms with Crippen molar-refractivity contribution in [2.75, 3.05) is 43.1 Å². The molecule has 1 atom stereocenters. The lowest BCUT2D eigenvalue weighted by atomic mass is 9.98. The van der Waals surface area contributed by atoms with Crippen molar-refractivity contribution in [1.29, 1.82) is 0 Å². The van der Waals surface area contributed by atoms with E-state index >= 15 is 0 Å². The normalized spacial score (nSPS) is 20.0. The molecule has 2 heterocycles. The Hall–Kier alpha value is -1.32. The Labute approximate surface area is 124 Å². The van der Waals surface area contributed by atoms with Crippen LogP contribution >= 0.6 is 0 Å². The van der Waals surface area contributed by atoms with Crippen LogP contribution in [-0.4, -0.2) is 55.8 Å². The molecule has 1 aliphatic rings. The minimum absolute atomic E-state index is 0.0496. The van der Waals surface area contributed by atoms with E-state index in [1.807, 2.05) is 4.90 Å². The van der Waals surface area contributed by atoms with E-state index in [1.165, 1.54) is 4.68 Å². The number of piperidine rings is 1. The number of aliphatic hydroxyl groups excluding tert-OH is 1. The first-order valence-electron chi connectivity index (χ1n) is 7.00. The Morgan fingerprint density at radius 3 is 2.76 bits per heavy atom. The fraction of sp³-hybridized carbons (Fsp3) is 0.750. The van der Waals surface area contributed by atoms with Gasteiger partial charge in [-0.3, -0.25) is 0 Å². The topological polar surface area (TPSA) is 127 Å². The van der Waals surface area contributed by atoms with E-state index < -0.39 is 9.84 Å². The lowest BCUT2D eigenvalue weighted by Gasteiger charge is -2.32. The van der Waals surface area contributed by atoms with Crippen LogP contribution in [0.3, 0.4) is 0 Å². The fourth-order valence-electron chi connectivity index (χ4n) is 2.72. The van der Waals surface area contributed by atoms with Crippen molar-refractivity contribution in [2.45, 2.75) is 24.3 Å². The van der Waals surface area contributed by atoms with Crippen LogP contribution in [0, 0.1) is 5.92 Å². The predicted octanol–water partition coefficient (Wildman–Crippen LogP) is -0.964. The summed E-state index contributed by atoms with van der Waals surface area (Å²) in [6.07, 6.45) is 3.10. The molecule has 0 radical (unpaired) electrons. The van der Waals surface area contributed by atoms with Gasteiger partial charge in [0.15, 0.2) is 20.6 Å². The molecule has 21 heavy (non-hydrogen) atoms. The van der Waals surface area contributed by atoms with Gasteiger partial charge in [0, 0.05) is 19.3 Å². The molecule has 1 aliphatic heterocycles. The molecule has 0 bridgehead atoms. The number of aliphatic hydroxyl groups is 1. The number of nitrogen functional groups attached to an aromatic ring is 1. The zero-order chi connectivity index (χ0) is 15.6. The van der Waals surface area contributed by atoms with E-state index in [0.717, 1.165) is 25.6 Å². The van der Waals surface area contributed by atoms with Crippen LogP contribution in [0.2, 0.25) is 0 Å². The number of nitrogens with zero attached hydrogens (tertiary/aromatic N) is 3. The second-order valence-corrected chi connectivity index (χ2v) is 7.40. The third kappa shape index (κ3) is 3.30. The van der Waals surface area contributed by atoms with Gasteiger partial charge in [-0.15, -0.1) is 0 Å². The largest absolute Gasteiger partial charge is 0.394 e.